The second-order valence-corrected chi connectivity index (χ2v) is 6.34. The molecule has 1 fully saturated rings. The Morgan fingerprint density at radius 1 is 1.41 bits per heavy atom. The summed E-state index contributed by atoms with van der Waals surface area (Å²) in [5.74, 6) is -0.144. The summed E-state index contributed by atoms with van der Waals surface area (Å²) in [7, 11) is 1.75. The molecule has 2 aliphatic rings. The molecule has 1 aromatic rings. The summed E-state index contributed by atoms with van der Waals surface area (Å²) in [6, 6.07) is 8.69. The maximum atomic E-state index is 12.2. The zero-order valence-electron chi connectivity index (χ0n) is 13.2. The van der Waals surface area contributed by atoms with Crippen LogP contribution in [0.5, 0.6) is 0 Å². The summed E-state index contributed by atoms with van der Waals surface area (Å²) >= 11 is 0. The third kappa shape index (κ3) is 2.80. The van der Waals surface area contributed by atoms with Crippen molar-refractivity contribution in [1.82, 2.24) is 10.2 Å². The van der Waals surface area contributed by atoms with Crippen molar-refractivity contribution in [3.63, 3.8) is 0 Å². The number of carbonyl (C=O) groups excluding carboxylic acids is 2. The Balaban J connectivity index is 1.54. The van der Waals surface area contributed by atoms with Gasteiger partial charge in [0, 0.05) is 44.8 Å². The quantitative estimate of drug-likeness (QED) is 0.904. The van der Waals surface area contributed by atoms with Crippen molar-refractivity contribution in [3.05, 3.63) is 29.8 Å². The van der Waals surface area contributed by atoms with Gasteiger partial charge in [-0.2, -0.15) is 0 Å². The fourth-order valence-electron chi connectivity index (χ4n) is 3.36. The van der Waals surface area contributed by atoms with Gasteiger partial charge in [0.1, 0.15) is 0 Å². The molecule has 1 N–H and O–H groups in total. The Morgan fingerprint density at radius 2 is 2.18 bits per heavy atom. The van der Waals surface area contributed by atoms with Gasteiger partial charge < -0.3 is 15.1 Å². The van der Waals surface area contributed by atoms with E-state index in [1.165, 1.54) is 11.3 Å². The topological polar surface area (TPSA) is 52.7 Å². The Kier molecular flexibility index (Phi) is 4.05. The molecule has 0 unspecified atom stereocenters. The Morgan fingerprint density at radius 3 is 2.91 bits per heavy atom. The highest BCUT2D eigenvalue weighted by atomic mass is 16.2. The molecule has 0 aromatic heterocycles. The first-order chi connectivity index (χ1) is 10.6. The van der Waals surface area contributed by atoms with E-state index in [0.29, 0.717) is 19.5 Å². The van der Waals surface area contributed by atoms with Crippen LogP contribution in [0.2, 0.25) is 0 Å². The summed E-state index contributed by atoms with van der Waals surface area (Å²) in [6.07, 6.45) is 1.40. The summed E-state index contributed by atoms with van der Waals surface area (Å²) in [4.78, 5) is 27.7. The van der Waals surface area contributed by atoms with E-state index in [1.807, 2.05) is 0 Å². The van der Waals surface area contributed by atoms with Crippen molar-refractivity contribution < 1.29 is 9.59 Å². The minimum Gasteiger partial charge on any atom is -0.366 e. The molecule has 1 saturated heterocycles. The van der Waals surface area contributed by atoms with Gasteiger partial charge in [0.15, 0.2) is 0 Å². The van der Waals surface area contributed by atoms with Crippen LogP contribution in [0.15, 0.2) is 24.3 Å². The highest BCUT2D eigenvalue weighted by Gasteiger charge is 2.32. The zero-order valence-corrected chi connectivity index (χ0v) is 13.2. The van der Waals surface area contributed by atoms with Gasteiger partial charge >= 0.3 is 0 Å². The van der Waals surface area contributed by atoms with Gasteiger partial charge in [0.25, 0.3) is 0 Å². The lowest BCUT2D eigenvalue weighted by atomic mass is 10.1. The fourth-order valence-corrected chi connectivity index (χ4v) is 3.36. The van der Waals surface area contributed by atoms with Gasteiger partial charge in [-0.15, -0.1) is 0 Å². The third-order valence-corrected chi connectivity index (χ3v) is 4.74. The molecule has 5 nitrogen and oxygen atoms in total. The number of amides is 2. The molecular formula is C17H23N3O2. The largest absolute Gasteiger partial charge is 0.366 e. The van der Waals surface area contributed by atoms with E-state index in [2.05, 4.69) is 41.4 Å². The highest BCUT2D eigenvalue weighted by Crippen LogP contribution is 2.29. The lowest BCUT2D eigenvalue weighted by Crippen LogP contribution is -2.43. The average molecular weight is 301 g/mol. The van der Waals surface area contributed by atoms with Crippen LogP contribution in [0.25, 0.3) is 0 Å². The number of hydrogen-bond donors (Lipinski definition) is 1. The van der Waals surface area contributed by atoms with E-state index in [-0.39, 0.29) is 23.8 Å². The maximum Gasteiger partial charge on any atom is 0.225 e. The molecule has 0 aliphatic carbocycles. The Hall–Kier alpha value is -2.04. The fraction of sp³-hybridized carbons (Fsp3) is 0.529. The van der Waals surface area contributed by atoms with Crippen LogP contribution >= 0.6 is 0 Å². The molecule has 2 atom stereocenters. The molecular weight excluding hydrogens is 278 g/mol. The number of rotatable bonds is 4. The van der Waals surface area contributed by atoms with Crippen LogP contribution in [0.4, 0.5) is 5.69 Å². The molecule has 5 heteroatoms. The highest BCUT2D eigenvalue weighted by molar-refractivity contribution is 5.89. The van der Waals surface area contributed by atoms with Crippen molar-refractivity contribution in [2.24, 2.45) is 5.92 Å². The van der Waals surface area contributed by atoms with Crippen molar-refractivity contribution in [3.8, 4) is 0 Å². The van der Waals surface area contributed by atoms with Crippen molar-refractivity contribution in [2.75, 3.05) is 31.6 Å². The van der Waals surface area contributed by atoms with E-state index in [4.69, 9.17) is 0 Å². The second-order valence-electron chi connectivity index (χ2n) is 6.34. The lowest BCUT2D eigenvalue weighted by molar-refractivity contribution is -0.128. The molecule has 0 saturated carbocycles. The van der Waals surface area contributed by atoms with Crippen LogP contribution in [0.1, 0.15) is 18.9 Å². The predicted octanol–water partition coefficient (Wildman–Crippen LogP) is 1.03. The van der Waals surface area contributed by atoms with Crippen LogP contribution in [0.3, 0.4) is 0 Å². The van der Waals surface area contributed by atoms with Gasteiger partial charge in [-0.3, -0.25) is 9.59 Å². The first-order valence-corrected chi connectivity index (χ1v) is 7.92. The molecule has 22 heavy (non-hydrogen) atoms. The van der Waals surface area contributed by atoms with Crippen molar-refractivity contribution in [1.29, 1.82) is 0 Å². The molecule has 0 spiro atoms. The number of hydrogen-bond acceptors (Lipinski definition) is 3. The van der Waals surface area contributed by atoms with Gasteiger partial charge in [-0.25, -0.2) is 0 Å². The number of benzene rings is 1. The van der Waals surface area contributed by atoms with Crippen molar-refractivity contribution in [2.45, 2.75) is 25.8 Å². The third-order valence-electron chi connectivity index (χ3n) is 4.74. The normalized spacial score (nSPS) is 21.9. The predicted molar refractivity (Wildman–Crippen MR) is 85.7 cm³/mol. The minimum atomic E-state index is -0.199. The SMILES string of the molecule is C[C@@H](CNC(=O)[C@@H]1CC(=O)N(C)C1)N1CCc2ccccc21. The summed E-state index contributed by atoms with van der Waals surface area (Å²) in [6.45, 7) is 4.28. The molecule has 2 aliphatic heterocycles. The monoisotopic (exact) mass is 301 g/mol. The van der Waals surface area contributed by atoms with E-state index in [9.17, 15) is 9.59 Å². The Labute approximate surface area is 131 Å². The number of fused-ring (bicyclic) bond motifs is 1. The van der Waals surface area contributed by atoms with Gasteiger partial charge in [0.05, 0.1) is 5.92 Å². The first kappa shape index (κ1) is 14.9. The number of nitrogens with one attached hydrogen (secondary N) is 1. The molecule has 0 bridgehead atoms. The van der Waals surface area contributed by atoms with E-state index in [0.717, 1.165) is 13.0 Å². The molecule has 2 heterocycles. The van der Waals surface area contributed by atoms with Gasteiger partial charge in [0.2, 0.25) is 11.8 Å². The number of likely N-dealkylation sites (tertiary alicyclic amines) is 1. The smallest absolute Gasteiger partial charge is 0.225 e. The standard InChI is InChI=1S/C17H23N3O2/c1-12(20-8-7-13-5-3-4-6-15(13)20)10-18-17(22)14-9-16(21)19(2)11-14/h3-6,12,14H,7-11H2,1-2H3,(H,18,22)/t12-,14+/m0/s1. The summed E-state index contributed by atoms with van der Waals surface area (Å²) in [5.41, 5.74) is 2.66. The maximum absolute atomic E-state index is 12.2. The second kappa shape index (κ2) is 5.99. The van der Waals surface area contributed by atoms with Gasteiger partial charge in [-0.05, 0) is 25.0 Å². The van der Waals surface area contributed by atoms with Gasteiger partial charge in [-0.1, -0.05) is 18.2 Å². The summed E-state index contributed by atoms with van der Waals surface area (Å²) < 4.78 is 0. The van der Waals surface area contributed by atoms with Crippen LogP contribution in [-0.2, 0) is 16.0 Å². The summed E-state index contributed by atoms with van der Waals surface area (Å²) in [5, 5.41) is 3.01. The van der Waals surface area contributed by atoms with Crippen LogP contribution in [0, 0.1) is 5.92 Å². The molecule has 2 amide bonds. The van der Waals surface area contributed by atoms with E-state index in [1.54, 1.807) is 11.9 Å². The Bertz CT molecular complexity index is 587. The number of anilines is 1. The number of carbonyl (C=O) groups is 2. The minimum absolute atomic E-state index is 0.00275. The first-order valence-electron chi connectivity index (χ1n) is 7.92. The number of nitrogens with zero attached hydrogens (tertiary/aromatic N) is 2. The molecule has 1 aromatic carbocycles. The molecule has 0 radical (unpaired) electrons. The van der Waals surface area contributed by atoms with Crippen LogP contribution < -0.4 is 10.2 Å². The molecule has 3 rings (SSSR count). The van der Waals surface area contributed by atoms with Crippen LogP contribution in [-0.4, -0.2) is 49.4 Å². The lowest BCUT2D eigenvalue weighted by Gasteiger charge is -2.28. The average Bonchev–Trinajstić information content (AvgIpc) is 3.09. The van der Waals surface area contributed by atoms with E-state index < -0.39 is 0 Å². The molecule has 118 valence electrons. The van der Waals surface area contributed by atoms with E-state index >= 15 is 0 Å². The van der Waals surface area contributed by atoms with Crippen molar-refractivity contribution >= 4 is 17.5 Å². The number of para-hydroxylation sites is 1. The zero-order chi connectivity index (χ0) is 15.7.